The Balaban J connectivity index is 1.43. The number of benzene rings is 1. The van der Waals surface area contributed by atoms with Gasteiger partial charge >= 0.3 is 0 Å². The number of carbonyl (C=O) groups excluding carboxylic acids is 2. The Morgan fingerprint density at radius 1 is 1.21 bits per heavy atom. The summed E-state index contributed by atoms with van der Waals surface area (Å²) in [4.78, 5) is 34.6. The summed E-state index contributed by atoms with van der Waals surface area (Å²) < 4.78 is 7.46. The molecule has 10 heteroatoms. The maximum Gasteiger partial charge on any atom is 0.272 e. The summed E-state index contributed by atoms with van der Waals surface area (Å²) in [6.07, 6.45) is 0.579. The van der Waals surface area contributed by atoms with E-state index in [1.807, 2.05) is 13.8 Å². The molecule has 0 aliphatic carbocycles. The molecule has 0 radical (unpaired) electrons. The average Bonchev–Trinajstić information content (AvgIpc) is 3.29. The van der Waals surface area contributed by atoms with Gasteiger partial charge in [0.2, 0.25) is 0 Å². The number of hydrogen-bond acceptors (Lipinski definition) is 5. The fourth-order valence-electron chi connectivity index (χ4n) is 4.57. The third kappa shape index (κ3) is 3.81. The number of amides is 2. The Hall–Kier alpha value is -2.84. The topological polar surface area (TPSA) is 84.5 Å². The van der Waals surface area contributed by atoms with E-state index >= 15 is 0 Å². The maximum atomic E-state index is 13.4. The number of aryl methyl sites for hydroxylation is 2. The van der Waals surface area contributed by atoms with E-state index in [2.05, 4.69) is 4.98 Å². The first-order chi connectivity index (χ1) is 15.7. The van der Waals surface area contributed by atoms with Crippen molar-refractivity contribution in [2.75, 3.05) is 6.54 Å². The summed E-state index contributed by atoms with van der Waals surface area (Å²) in [5.41, 5.74) is 3.47. The lowest BCUT2D eigenvalue weighted by atomic mass is 9.97. The van der Waals surface area contributed by atoms with Crippen LogP contribution in [-0.4, -0.2) is 49.0 Å². The number of oxazole rings is 1. The highest BCUT2D eigenvalue weighted by molar-refractivity contribution is 6.42. The summed E-state index contributed by atoms with van der Waals surface area (Å²) in [7, 11) is 0. The first kappa shape index (κ1) is 22.0. The van der Waals surface area contributed by atoms with Crippen molar-refractivity contribution in [3.63, 3.8) is 0 Å². The van der Waals surface area contributed by atoms with E-state index in [9.17, 15) is 9.59 Å². The number of carbonyl (C=O) groups is 2. The van der Waals surface area contributed by atoms with Crippen LogP contribution in [0.15, 0.2) is 22.6 Å². The van der Waals surface area contributed by atoms with Crippen molar-refractivity contribution >= 4 is 35.0 Å². The van der Waals surface area contributed by atoms with Gasteiger partial charge in [0.1, 0.15) is 11.5 Å². The predicted molar refractivity (Wildman–Crippen MR) is 122 cm³/mol. The fraction of sp³-hybridized carbons (Fsp3) is 0.391. The molecule has 8 nitrogen and oxygen atoms in total. The fourth-order valence-corrected chi connectivity index (χ4v) is 4.87. The molecule has 0 saturated heterocycles. The second-order valence-corrected chi connectivity index (χ2v) is 9.39. The van der Waals surface area contributed by atoms with Gasteiger partial charge in [-0.2, -0.15) is 5.10 Å². The van der Waals surface area contributed by atoms with Crippen molar-refractivity contribution in [2.24, 2.45) is 0 Å². The van der Waals surface area contributed by atoms with Crippen molar-refractivity contribution < 1.29 is 14.0 Å². The van der Waals surface area contributed by atoms with E-state index < -0.39 is 0 Å². The lowest BCUT2D eigenvalue weighted by molar-refractivity contribution is 0.0632. The molecule has 0 spiro atoms. The maximum absolute atomic E-state index is 13.4. The number of aromatic nitrogens is 3. The highest BCUT2D eigenvalue weighted by atomic mass is 35.5. The Kier molecular flexibility index (Phi) is 5.45. The molecule has 1 atom stereocenters. The zero-order valence-corrected chi connectivity index (χ0v) is 20.1. The van der Waals surface area contributed by atoms with Crippen molar-refractivity contribution in [3.05, 3.63) is 68.1 Å². The first-order valence-electron chi connectivity index (χ1n) is 10.8. The molecule has 172 valence electrons. The summed E-state index contributed by atoms with van der Waals surface area (Å²) in [5.74, 6) is 1.01. The average molecular weight is 488 g/mol. The highest BCUT2D eigenvalue weighted by Gasteiger charge is 2.37. The van der Waals surface area contributed by atoms with Gasteiger partial charge in [0.05, 0.1) is 41.1 Å². The Bertz CT molecular complexity index is 1280. The summed E-state index contributed by atoms with van der Waals surface area (Å²) in [5, 5.41) is 5.44. The van der Waals surface area contributed by atoms with Crippen LogP contribution in [0.25, 0.3) is 0 Å². The standard InChI is InChI=1S/C23H23Cl2N5O3/c1-12-8-19-16(10-29(12)22(31)15-4-5-17(24)18(25)9-15)21-23(32)28(6-7-30(21)27-19)11-20-13(2)26-14(3)33-20/h4-5,9,12H,6-8,10-11H2,1-3H3/t12-/m1/s1. The molecule has 2 aromatic heterocycles. The van der Waals surface area contributed by atoms with Crippen molar-refractivity contribution in [2.45, 2.75) is 52.9 Å². The second-order valence-electron chi connectivity index (χ2n) is 8.58. The molecule has 0 fully saturated rings. The molecule has 2 aliphatic rings. The van der Waals surface area contributed by atoms with Crippen LogP contribution in [0.3, 0.4) is 0 Å². The van der Waals surface area contributed by atoms with Gasteiger partial charge in [-0.15, -0.1) is 0 Å². The number of fused-ring (bicyclic) bond motifs is 3. The SMILES string of the molecule is Cc1nc(C)c(CN2CCn3nc4c(c3C2=O)CN(C(=O)c2ccc(Cl)c(Cl)c2)[C@H](C)C4)o1. The monoisotopic (exact) mass is 487 g/mol. The zero-order chi connectivity index (χ0) is 23.4. The van der Waals surface area contributed by atoms with Gasteiger partial charge in [-0.25, -0.2) is 4.98 Å². The predicted octanol–water partition coefficient (Wildman–Crippen LogP) is 4.04. The van der Waals surface area contributed by atoms with Gasteiger partial charge < -0.3 is 14.2 Å². The van der Waals surface area contributed by atoms with E-state index in [1.54, 1.807) is 39.6 Å². The Morgan fingerprint density at radius 2 is 2.00 bits per heavy atom. The highest BCUT2D eigenvalue weighted by Crippen LogP contribution is 2.31. The van der Waals surface area contributed by atoms with Gasteiger partial charge in [-0.05, 0) is 32.0 Å². The van der Waals surface area contributed by atoms with E-state index in [4.69, 9.17) is 32.7 Å². The molecule has 5 rings (SSSR count). The minimum atomic E-state index is -0.153. The first-order valence-corrected chi connectivity index (χ1v) is 11.5. The molecular formula is C23H23Cl2N5O3. The lowest BCUT2D eigenvalue weighted by Gasteiger charge is -2.34. The molecule has 3 aromatic rings. The molecule has 0 unspecified atom stereocenters. The molecule has 2 amide bonds. The van der Waals surface area contributed by atoms with Crippen LogP contribution in [0, 0.1) is 13.8 Å². The van der Waals surface area contributed by atoms with Crippen LogP contribution in [0.4, 0.5) is 0 Å². The second kappa shape index (κ2) is 8.18. The Labute approximate surface area is 201 Å². The van der Waals surface area contributed by atoms with Crippen LogP contribution in [-0.2, 0) is 26.1 Å². The summed E-state index contributed by atoms with van der Waals surface area (Å²) in [6, 6.07) is 4.80. The normalized spacial score (nSPS) is 17.8. The molecule has 33 heavy (non-hydrogen) atoms. The van der Waals surface area contributed by atoms with Crippen molar-refractivity contribution in [3.8, 4) is 0 Å². The third-order valence-corrected chi connectivity index (χ3v) is 7.06. The van der Waals surface area contributed by atoms with Crippen LogP contribution in [0.2, 0.25) is 10.0 Å². The Morgan fingerprint density at radius 3 is 2.70 bits per heavy atom. The van der Waals surface area contributed by atoms with Crippen LogP contribution < -0.4 is 0 Å². The molecule has 0 bridgehead atoms. The van der Waals surface area contributed by atoms with Crippen molar-refractivity contribution in [1.82, 2.24) is 24.6 Å². The minimum Gasteiger partial charge on any atom is -0.444 e. The minimum absolute atomic E-state index is 0.0672. The van der Waals surface area contributed by atoms with Gasteiger partial charge in [0, 0.05) is 37.1 Å². The van der Waals surface area contributed by atoms with Gasteiger partial charge in [0.15, 0.2) is 5.89 Å². The van der Waals surface area contributed by atoms with Gasteiger partial charge in [-0.3, -0.25) is 14.3 Å². The van der Waals surface area contributed by atoms with Crippen LogP contribution in [0.5, 0.6) is 0 Å². The van der Waals surface area contributed by atoms with Crippen molar-refractivity contribution in [1.29, 1.82) is 0 Å². The molecule has 1 aromatic carbocycles. The molecule has 4 heterocycles. The summed E-state index contributed by atoms with van der Waals surface area (Å²) in [6.45, 7) is 7.45. The van der Waals surface area contributed by atoms with E-state index in [0.717, 1.165) is 17.0 Å². The van der Waals surface area contributed by atoms with Gasteiger partial charge in [-0.1, -0.05) is 23.2 Å². The number of nitrogens with zero attached hydrogens (tertiary/aromatic N) is 5. The van der Waals surface area contributed by atoms with Crippen LogP contribution in [0.1, 0.15) is 56.4 Å². The van der Waals surface area contributed by atoms with E-state index in [1.165, 1.54) is 0 Å². The molecule has 0 N–H and O–H groups in total. The quantitative estimate of drug-likeness (QED) is 0.556. The zero-order valence-electron chi connectivity index (χ0n) is 18.6. The number of rotatable bonds is 3. The van der Waals surface area contributed by atoms with E-state index in [0.29, 0.717) is 65.6 Å². The third-order valence-electron chi connectivity index (χ3n) is 6.32. The smallest absolute Gasteiger partial charge is 0.272 e. The van der Waals surface area contributed by atoms with Gasteiger partial charge in [0.25, 0.3) is 11.8 Å². The van der Waals surface area contributed by atoms with E-state index in [-0.39, 0.29) is 17.9 Å². The summed E-state index contributed by atoms with van der Waals surface area (Å²) >= 11 is 12.1. The van der Waals surface area contributed by atoms with Crippen LogP contribution >= 0.6 is 23.2 Å². The lowest BCUT2D eigenvalue weighted by Crippen LogP contribution is -2.44. The number of halogens is 2. The molecule has 0 saturated carbocycles. The molecule has 2 aliphatic heterocycles. The number of hydrogen-bond donors (Lipinski definition) is 0. The largest absolute Gasteiger partial charge is 0.444 e. The molecular weight excluding hydrogens is 465 g/mol.